The van der Waals surface area contributed by atoms with E-state index in [2.05, 4.69) is 12.2 Å². The highest BCUT2D eigenvalue weighted by Gasteiger charge is 2.34. The lowest BCUT2D eigenvalue weighted by atomic mass is 9.81. The summed E-state index contributed by atoms with van der Waals surface area (Å²) < 4.78 is 6.01. The van der Waals surface area contributed by atoms with E-state index in [-0.39, 0.29) is 5.41 Å². The smallest absolute Gasteiger partial charge is 0.200 e. The molecule has 88 valence electrons. The van der Waals surface area contributed by atoms with Gasteiger partial charge in [-0.05, 0) is 45.2 Å². The molecule has 0 saturated carbocycles. The normalized spacial score (nSPS) is 24.1. The number of fused-ring (bicyclic) bond motifs is 1. The Hall–Kier alpha value is -0.830. The number of hydrogen-bond acceptors (Lipinski definition) is 3. The van der Waals surface area contributed by atoms with Crippen LogP contribution in [0.15, 0.2) is 4.42 Å². The second-order valence-electron chi connectivity index (χ2n) is 5.41. The van der Waals surface area contributed by atoms with Gasteiger partial charge in [0.05, 0.1) is 5.69 Å². The Morgan fingerprint density at radius 3 is 2.69 bits per heavy atom. The summed E-state index contributed by atoms with van der Waals surface area (Å²) in [5.41, 5.74) is 1.41. The molecule has 0 radical (unpaired) electrons. The molecule has 0 spiro atoms. The van der Waals surface area contributed by atoms with Crippen molar-refractivity contribution < 1.29 is 4.42 Å². The molecular formula is C13H20N2O. The highest BCUT2D eigenvalue weighted by Crippen LogP contribution is 2.34. The number of nitrogens with one attached hydrogen (secondary N) is 1. The van der Waals surface area contributed by atoms with Crippen LogP contribution in [-0.2, 0) is 18.3 Å². The standard InChI is InChI=1S/C13H20N2O/c1-13(6-8-14-9-7-13)12-15-10-4-2-3-5-11(10)16-12/h14H,2-9H2,1H3. The van der Waals surface area contributed by atoms with Crippen LogP contribution in [-0.4, -0.2) is 18.1 Å². The summed E-state index contributed by atoms with van der Waals surface area (Å²) in [7, 11) is 0. The maximum absolute atomic E-state index is 6.01. The van der Waals surface area contributed by atoms with Crippen molar-refractivity contribution >= 4 is 0 Å². The molecule has 1 aromatic rings. The topological polar surface area (TPSA) is 38.1 Å². The number of nitrogens with zero attached hydrogens (tertiary/aromatic N) is 1. The van der Waals surface area contributed by atoms with Gasteiger partial charge in [0, 0.05) is 11.8 Å². The SMILES string of the molecule is CC1(c2nc3c(o2)CCCC3)CCNCC1. The van der Waals surface area contributed by atoms with Crippen LogP contribution < -0.4 is 5.32 Å². The summed E-state index contributed by atoms with van der Waals surface area (Å²) in [6.45, 7) is 4.47. The van der Waals surface area contributed by atoms with E-state index in [1.807, 2.05) is 0 Å². The monoisotopic (exact) mass is 220 g/mol. The van der Waals surface area contributed by atoms with Gasteiger partial charge >= 0.3 is 0 Å². The predicted octanol–water partition coefficient (Wildman–Crippen LogP) is 2.19. The zero-order chi connectivity index (χ0) is 11.0. The van der Waals surface area contributed by atoms with E-state index in [0.717, 1.165) is 44.7 Å². The van der Waals surface area contributed by atoms with Crippen LogP contribution in [0.1, 0.15) is 50.0 Å². The van der Waals surface area contributed by atoms with Crippen LogP contribution in [0.25, 0.3) is 0 Å². The second kappa shape index (κ2) is 3.88. The summed E-state index contributed by atoms with van der Waals surface area (Å²) in [5.74, 6) is 2.17. The van der Waals surface area contributed by atoms with Crippen LogP contribution in [0.2, 0.25) is 0 Å². The number of piperidine rings is 1. The number of aryl methyl sites for hydroxylation is 2. The fraction of sp³-hybridized carbons (Fsp3) is 0.769. The fourth-order valence-corrected chi connectivity index (χ4v) is 2.80. The lowest BCUT2D eigenvalue weighted by Crippen LogP contribution is -2.37. The lowest BCUT2D eigenvalue weighted by molar-refractivity contribution is 0.262. The van der Waals surface area contributed by atoms with E-state index >= 15 is 0 Å². The average Bonchev–Trinajstić information content (AvgIpc) is 2.74. The number of aromatic nitrogens is 1. The summed E-state index contributed by atoms with van der Waals surface area (Å²) in [4.78, 5) is 4.75. The third-order valence-corrected chi connectivity index (χ3v) is 4.07. The first-order valence-corrected chi connectivity index (χ1v) is 6.48. The highest BCUT2D eigenvalue weighted by molar-refractivity contribution is 5.17. The molecule has 3 rings (SSSR count). The van der Waals surface area contributed by atoms with Gasteiger partial charge in [-0.15, -0.1) is 0 Å². The van der Waals surface area contributed by atoms with Gasteiger partial charge in [0.2, 0.25) is 5.89 Å². The van der Waals surface area contributed by atoms with Gasteiger partial charge < -0.3 is 9.73 Å². The molecule has 1 saturated heterocycles. The highest BCUT2D eigenvalue weighted by atomic mass is 16.4. The van der Waals surface area contributed by atoms with Crippen molar-refractivity contribution in [1.82, 2.24) is 10.3 Å². The molecular weight excluding hydrogens is 200 g/mol. The Kier molecular flexibility index (Phi) is 2.51. The van der Waals surface area contributed by atoms with Gasteiger partial charge in [-0.1, -0.05) is 6.92 Å². The van der Waals surface area contributed by atoms with Crippen LogP contribution in [0, 0.1) is 0 Å². The molecule has 3 heteroatoms. The first-order valence-electron chi connectivity index (χ1n) is 6.48. The number of oxazole rings is 1. The maximum atomic E-state index is 6.01. The van der Waals surface area contributed by atoms with Gasteiger partial charge in [0.1, 0.15) is 5.76 Å². The molecule has 2 heterocycles. The quantitative estimate of drug-likeness (QED) is 0.788. The van der Waals surface area contributed by atoms with E-state index in [9.17, 15) is 0 Å². The predicted molar refractivity (Wildman–Crippen MR) is 62.6 cm³/mol. The van der Waals surface area contributed by atoms with Crippen molar-refractivity contribution in [3.05, 3.63) is 17.3 Å². The Morgan fingerprint density at radius 1 is 1.19 bits per heavy atom. The fourth-order valence-electron chi connectivity index (χ4n) is 2.80. The third kappa shape index (κ3) is 1.67. The molecule has 1 aliphatic heterocycles. The molecule has 0 aromatic carbocycles. The summed E-state index contributed by atoms with van der Waals surface area (Å²) in [6, 6.07) is 0. The second-order valence-corrected chi connectivity index (χ2v) is 5.41. The van der Waals surface area contributed by atoms with Crippen molar-refractivity contribution in [3.8, 4) is 0 Å². The summed E-state index contributed by atoms with van der Waals surface area (Å²) in [6.07, 6.45) is 7.04. The Morgan fingerprint density at radius 2 is 1.94 bits per heavy atom. The first-order chi connectivity index (χ1) is 7.78. The van der Waals surface area contributed by atoms with Crippen LogP contribution in [0.5, 0.6) is 0 Å². The van der Waals surface area contributed by atoms with Crippen molar-refractivity contribution in [3.63, 3.8) is 0 Å². The van der Waals surface area contributed by atoms with Gasteiger partial charge in [0.25, 0.3) is 0 Å². The van der Waals surface area contributed by atoms with Gasteiger partial charge in [-0.3, -0.25) is 0 Å². The zero-order valence-corrected chi connectivity index (χ0v) is 10.0. The minimum atomic E-state index is 0.169. The Balaban J connectivity index is 1.90. The van der Waals surface area contributed by atoms with Gasteiger partial charge in [0.15, 0.2) is 0 Å². The van der Waals surface area contributed by atoms with E-state index in [1.165, 1.54) is 24.3 Å². The molecule has 0 unspecified atom stereocenters. The molecule has 1 N–H and O–H groups in total. The van der Waals surface area contributed by atoms with Crippen LogP contribution in [0.3, 0.4) is 0 Å². The minimum absolute atomic E-state index is 0.169. The van der Waals surface area contributed by atoms with Crippen molar-refractivity contribution in [2.45, 2.75) is 50.9 Å². The lowest BCUT2D eigenvalue weighted by Gasteiger charge is -2.30. The maximum Gasteiger partial charge on any atom is 0.200 e. The molecule has 16 heavy (non-hydrogen) atoms. The Labute approximate surface area is 96.6 Å². The average molecular weight is 220 g/mol. The van der Waals surface area contributed by atoms with E-state index < -0.39 is 0 Å². The summed E-state index contributed by atoms with van der Waals surface area (Å²) in [5, 5.41) is 3.40. The molecule has 0 bridgehead atoms. The molecule has 0 amide bonds. The first kappa shape index (κ1) is 10.3. The number of hydrogen-bond donors (Lipinski definition) is 1. The minimum Gasteiger partial charge on any atom is -0.445 e. The van der Waals surface area contributed by atoms with Gasteiger partial charge in [-0.2, -0.15) is 0 Å². The van der Waals surface area contributed by atoms with Crippen molar-refractivity contribution in [2.75, 3.05) is 13.1 Å². The molecule has 0 atom stereocenters. The molecule has 1 aliphatic carbocycles. The Bertz CT molecular complexity index is 354. The van der Waals surface area contributed by atoms with E-state index in [4.69, 9.17) is 9.40 Å². The number of rotatable bonds is 1. The molecule has 1 fully saturated rings. The summed E-state index contributed by atoms with van der Waals surface area (Å²) >= 11 is 0. The largest absolute Gasteiger partial charge is 0.445 e. The van der Waals surface area contributed by atoms with Crippen LogP contribution in [0.4, 0.5) is 0 Å². The molecule has 2 aliphatic rings. The zero-order valence-electron chi connectivity index (χ0n) is 10.0. The third-order valence-electron chi connectivity index (χ3n) is 4.07. The molecule has 3 nitrogen and oxygen atoms in total. The van der Waals surface area contributed by atoms with Gasteiger partial charge in [-0.25, -0.2) is 4.98 Å². The van der Waals surface area contributed by atoms with E-state index in [0.29, 0.717) is 0 Å². The van der Waals surface area contributed by atoms with Crippen molar-refractivity contribution in [2.24, 2.45) is 0 Å². The van der Waals surface area contributed by atoms with Crippen LogP contribution >= 0.6 is 0 Å². The van der Waals surface area contributed by atoms with Crippen molar-refractivity contribution in [1.29, 1.82) is 0 Å². The van der Waals surface area contributed by atoms with E-state index in [1.54, 1.807) is 0 Å². The molecule has 1 aromatic heterocycles.